The van der Waals surface area contributed by atoms with Gasteiger partial charge < -0.3 is 9.84 Å². The molecular formula is C17H25NO3. The van der Waals surface area contributed by atoms with Gasteiger partial charge in [0.2, 0.25) is 0 Å². The molecule has 21 heavy (non-hydrogen) atoms. The fourth-order valence-electron chi connectivity index (χ4n) is 2.79. The van der Waals surface area contributed by atoms with Gasteiger partial charge in [0.15, 0.2) is 5.78 Å². The number of Topliss-reactive ketones (excluding diaryl/α,β-unsaturated/α-hetero) is 1. The molecule has 1 atom stereocenters. The number of aryl methyl sites for hydroxylation is 1. The zero-order valence-electron chi connectivity index (χ0n) is 13.2. The van der Waals surface area contributed by atoms with Crippen molar-refractivity contribution in [2.45, 2.75) is 38.7 Å². The van der Waals surface area contributed by atoms with Crippen molar-refractivity contribution in [3.63, 3.8) is 0 Å². The Labute approximate surface area is 126 Å². The number of rotatable bonds is 4. The standard InChI is InChI=1S/C17H25NO3/c1-13-5-6-14(16(11-13)21-3)15(19)12-18-9-4-7-17(2,20)8-10-18/h5-6,11,20H,4,7-10,12H2,1-3H3. The molecule has 1 aromatic rings. The molecule has 1 saturated heterocycles. The average Bonchev–Trinajstić information content (AvgIpc) is 2.60. The summed E-state index contributed by atoms with van der Waals surface area (Å²) in [5.74, 6) is 0.718. The van der Waals surface area contributed by atoms with Crippen molar-refractivity contribution in [2.24, 2.45) is 0 Å². The van der Waals surface area contributed by atoms with Gasteiger partial charge in [0.05, 0.1) is 24.8 Å². The molecule has 1 aliphatic heterocycles. The second kappa shape index (κ2) is 6.58. The molecule has 0 saturated carbocycles. The van der Waals surface area contributed by atoms with Gasteiger partial charge in [0, 0.05) is 6.54 Å². The number of ketones is 1. The monoisotopic (exact) mass is 291 g/mol. The Hall–Kier alpha value is -1.39. The minimum Gasteiger partial charge on any atom is -0.496 e. The predicted octanol–water partition coefficient (Wildman–Crippen LogP) is 2.42. The predicted molar refractivity (Wildman–Crippen MR) is 83.0 cm³/mol. The van der Waals surface area contributed by atoms with Crippen LogP contribution in [-0.2, 0) is 0 Å². The number of methoxy groups -OCH3 is 1. The third-order valence-electron chi connectivity index (χ3n) is 4.18. The van der Waals surface area contributed by atoms with Crippen molar-refractivity contribution >= 4 is 5.78 Å². The molecule has 0 aromatic heterocycles. The summed E-state index contributed by atoms with van der Waals surface area (Å²) in [6.45, 7) is 5.85. The Balaban J connectivity index is 2.04. The molecule has 1 unspecified atom stereocenters. The lowest BCUT2D eigenvalue weighted by Gasteiger charge is -2.22. The van der Waals surface area contributed by atoms with E-state index in [1.54, 1.807) is 7.11 Å². The number of likely N-dealkylation sites (tertiary alicyclic amines) is 1. The fourth-order valence-corrected chi connectivity index (χ4v) is 2.79. The van der Waals surface area contributed by atoms with E-state index in [1.165, 1.54) is 0 Å². The van der Waals surface area contributed by atoms with E-state index in [0.717, 1.165) is 31.5 Å². The van der Waals surface area contributed by atoms with E-state index in [4.69, 9.17) is 4.74 Å². The summed E-state index contributed by atoms with van der Waals surface area (Å²) in [4.78, 5) is 14.6. The number of benzene rings is 1. The molecule has 1 aromatic carbocycles. The van der Waals surface area contributed by atoms with E-state index in [-0.39, 0.29) is 5.78 Å². The van der Waals surface area contributed by atoms with Gasteiger partial charge in [-0.1, -0.05) is 6.07 Å². The van der Waals surface area contributed by atoms with Crippen LogP contribution in [0, 0.1) is 6.92 Å². The van der Waals surface area contributed by atoms with Gasteiger partial charge in [-0.3, -0.25) is 9.69 Å². The molecule has 116 valence electrons. The van der Waals surface area contributed by atoms with E-state index >= 15 is 0 Å². The Bertz CT molecular complexity index is 511. The Kier molecular flexibility index (Phi) is 5.01. The van der Waals surface area contributed by atoms with Gasteiger partial charge in [0.25, 0.3) is 0 Å². The maximum Gasteiger partial charge on any atom is 0.180 e. The smallest absolute Gasteiger partial charge is 0.180 e. The number of hydrogen-bond donors (Lipinski definition) is 1. The van der Waals surface area contributed by atoms with Crippen molar-refractivity contribution in [3.8, 4) is 5.75 Å². The highest BCUT2D eigenvalue weighted by atomic mass is 16.5. The lowest BCUT2D eigenvalue weighted by molar-refractivity contribution is 0.0444. The lowest BCUT2D eigenvalue weighted by Crippen LogP contribution is -2.32. The first-order valence-electron chi connectivity index (χ1n) is 7.54. The summed E-state index contributed by atoms with van der Waals surface area (Å²) >= 11 is 0. The Morgan fingerprint density at radius 2 is 2.14 bits per heavy atom. The van der Waals surface area contributed by atoms with Gasteiger partial charge in [-0.15, -0.1) is 0 Å². The van der Waals surface area contributed by atoms with Crippen LogP contribution in [0.4, 0.5) is 0 Å². The van der Waals surface area contributed by atoms with Gasteiger partial charge >= 0.3 is 0 Å². The number of carbonyl (C=O) groups excluding carboxylic acids is 1. The topological polar surface area (TPSA) is 49.8 Å². The molecule has 1 aliphatic rings. The first kappa shape index (κ1) is 16.0. The van der Waals surface area contributed by atoms with Crippen molar-refractivity contribution in [3.05, 3.63) is 29.3 Å². The third kappa shape index (κ3) is 4.29. The van der Waals surface area contributed by atoms with Crippen LogP contribution in [-0.4, -0.2) is 48.1 Å². The first-order valence-corrected chi connectivity index (χ1v) is 7.54. The highest BCUT2D eigenvalue weighted by Gasteiger charge is 2.26. The van der Waals surface area contributed by atoms with Crippen LogP contribution < -0.4 is 4.74 Å². The normalized spacial score (nSPS) is 23.6. The molecule has 1 fully saturated rings. The maximum absolute atomic E-state index is 12.5. The summed E-state index contributed by atoms with van der Waals surface area (Å²) in [7, 11) is 1.59. The SMILES string of the molecule is COc1cc(C)ccc1C(=O)CN1CCCC(C)(O)CC1. The second-order valence-corrected chi connectivity index (χ2v) is 6.25. The molecular weight excluding hydrogens is 266 g/mol. The first-order chi connectivity index (χ1) is 9.91. The number of carbonyl (C=O) groups is 1. The van der Waals surface area contributed by atoms with Crippen LogP contribution in [0.2, 0.25) is 0 Å². The lowest BCUT2D eigenvalue weighted by atomic mass is 9.98. The number of aliphatic hydroxyl groups is 1. The summed E-state index contributed by atoms with van der Waals surface area (Å²) in [5.41, 5.74) is 1.12. The molecule has 1 N–H and O–H groups in total. The molecule has 0 aliphatic carbocycles. The van der Waals surface area contributed by atoms with Crippen LogP contribution in [0.15, 0.2) is 18.2 Å². The zero-order valence-corrected chi connectivity index (χ0v) is 13.2. The van der Waals surface area contributed by atoms with Crippen LogP contribution in [0.1, 0.15) is 42.1 Å². The van der Waals surface area contributed by atoms with E-state index in [2.05, 4.69) is 4.90 Å². The van der Waals surface area contributed by atoms with Gasteiger partial charge in [-0.2, -0.15) is 0 Å². The Morgan fingerprint density at radius 3 is 2.86 bits per heavy atom. The fraction of sp³-hybridized carbons (Fsp3) is 0.588. The Morgan fingerprint density at radius 1 is 1.38 bits per heavy atom. The molecule has 4 heteroatoms. The second-order valence-electron chi connectivity index (χ2n) is 6.25. The highest BCUT2D eigenvalue weighted by Crippen LogP contribution is 2.23. The molecule has 0 radical (unpaired) electrons. The average molecular weight is 291 g/mol. The van der Waals surface area contributed by atoms with Crippen LogP contribution in [0.25, 0.3) is 0 Å². The minimum atomic E-state index is -0.598. The molecule has 1 heterocycles. The third-order valence-corrected chi connectivity index (χ3v) is 4.18. The van der Waals surface area contributed by atoms with Crippen LogP contribution >= 0.6 is 0 Å². The summed E-state index contributed by atoms with van der Waals surface area (Å²) in [6, 6.07) is 5.66. The van der Waals surface area contributed by atoms with E-state index in [1.807, 2.05) is 32.0 Å². The van der Waals surface area contributed by atoms with Crippen molar-refractivity contribution < 1.29 is 14.6 Å². The van der Waals surface area contributed by atoms with Crippen LogP contribution in [0.5, 0.6) is 5.75 Å². The number of hydrogen-bond acceptors (Lipinski definition) is 4. The maximum atomic E-state index is 12.5. The largest absolute Gasteiger partial charge is 0.496 e. The number of ether oxygens (including phenoxy) is 1. The summed E-state index contributed by atoms with van der Waals surface area (Å²) < 4.78 is 5.31. The minimum absolute atomic E-state index is 0.0772. The molecule has 2 rings (SSSR count). The van der Waals surface area contributed by atoms with E-state index in [9.17, 15) is 9.90 Å². The van der Waals surface area contributed by atoms with Gasteiger partial charge in [0.1, 0.15) is 5.75 Å². The molecule has 0 spiro atoms. The van der Waals surface area contributed by atoms with Crippen molar-refractivity contribution in [1.29, 1.82) is 0 Å². The van der Waals surface area contributed by atoms with Crippen molar-refractivity contribution in [2.75, 3.05) is 26.7 Å². The summed E-state index contributed by atoms with van der Waals surface area (Å²) in [5, 5.41) is 10.1. The van der Waals surface area contributed by atoms with Crippen molar-refractivity contribution in [1.82, 2.24) is 4.90 Å². The highest BCUT2D eigenvalue weighted by molar-refractivity contribution is 6.00. The quantitative estimate of drug-likeness (QED) is 0.866. The van der Waals surface area contributed by atoms with E-state index < -0.39 is 5.60 Å². The van der Waals surface area contributed by atoms with E-state index in [0.29, 0.717) is 24.3 Å². The van der Waals surface area contributed by atoms with Gasteiger partial charge in [-0.25, -0.2) is 0 Å². The van der Waals surface area contributed by atoms with Gasteiger partial charge in [-0.05, 0) is 57.4 Å². The number of nitrogens with zero attached hydrogens (tertiary/aromatic N) is 1. The molecule has 4 nitrogen and oxygen atoms in total. The molecule has 0 amide bonds. The summed E-state index contributed by atoms with van der Waals surface area (Å²) in [6.07, 6.45) is 2.43. The van der Waals surface area contributed by atoms with Crippen LogP contribution in [0.3, 0.4) is 0 Å². The zero-order chi connectivity index (χ0) is 15.5. The molecule has 0 bridgehead atoms.